The molecule has 0 fully saturated rings. The number of sulfonamides is 1. The Bertz CT molecular complexity index is 1140. The summed E-state index contributed by atoms with van der Waals surface area (Å²) >= 11 is 0. The van der Waals surface area contributed by atoms with E-state index in [0.29, 0.717) is 11.4 Å². The van der Waals surface area contributed by atoms with Crippen molar-refractivity contribution in [1.82, 2.24) is 10.2 Å². The molecule has 1 aromatic heterocycles. The number of H-pyrrole nitrogens is 1. The average molecular weight is 416 g/mol. The third kappa shape index (κ3) is 4.80. The van der Waals surface area contributed by atoms with Crippen molar-refractivity contribution in [3.8, 4) is 0 Å². The molecule has 0 unspecified atom stereocenters. The van der Waals surface area contributed by atoms with Gasteiger partial charge in [0.2, 0.25) is 0 Å². The van der Waals surface area contributed by atoms with E-state index in [1.807, 2.05) is 13.8 Å². The van der Waals surface area contributed by atoms with Crippen LogP contribution in [0, 0.1) is 12.7 Å². The molecule has 0 bridgehead atoms. The number of amides is 1. The van der Waals surface area contributed by atoms with Crippen LogP contribution in [-0.2, 0) is 10.0 Å². The van der Waals surface area contributed by atoms with Gasteiger partial charge in [0.1, 0.15) is 5.82 Å². The molecule has 0 aliphatic carbocycles. The molecule has 0 aliphatic heterocycles. The van der Waals surface area contributed by atoms with E-state index in [1.165, 1.54) is 24.3 Å². The van der Waals surface area contributed by atoms with Crippen molar-refractivity contribution in [3.05, 3.63) is 71.2 Å². The van der Waals surface area contributed by atoms with Gasteiger partial charge >= 0.3 is 0 Å². The van der Waals surface area contributed by atoms with Gasteiger partial charge < -0.3 is 5.32 Å². The maximum absolute atomic E-state index is 13.0. The van der Waals surface area contributed by atoms with Crippen molar-refractivity contribution in [1.29, 1.82) is 0 Å². The molecule has 0 saturated carbocycles. The van der Waals surface area contributed by atoms with E-state index < -0.39 is 21.7 Å². The number of aryl methyl sites for hydroxylation is 1. The molecule has 0 saturated heterocycles. The van der Waals surface area contributed by atoms with Crippen molar-refractivity contribution >= 4 is 27.4 Å². The number of benzene rings is 2. The normalized spacial score (nSPS) is 11.5. The summed E-state index contributed by atoms with van der Waals surface area (Å²) in [6, 6.07) is 10.9. The number of carbonyl (C=O) groups is 1. The van der Waals surface area contributed by atoms with Crippen LogP contribution in [0.15, 0.2) is 53.4 Å². The van der Waals surface area contributed by atoms with Crippen LogP contribution in [0.2, 0.25) is 0 Å². The number of halogens is 1. The van der Waals surface area contributed by atoms with Gasteiger partial charge in [0.05, 0.1) is 4.90 Å². The second-order valence-corrected chi connectivity index (χ2v) is 8.59. The number of aromatic amines is 1. The van der Waals surface area contributed by atoms with Crippen LogP contribution in [-0.4, -0.2) is 24.5 Å². The van der Waals surface area contributed by atoms with Crippen molar-refractivity contribution in [2.75, 3.05) is 10.0 Å². The highest BCUT2D eigenvalue weighted by Crippen LogP contribution is 2.21. The van der Waals surface area contributed by atoms with E-state index in [4.69, 9.17) is 0 Å². The lowest BCUT2D eigenvalue weighted by atomic mass is 10.1. The topological polar surface area (TPSA) is 104 Å². The Kier molecular flexibility index (Phi) is 5.69. The quantitative estimate of drug-likeness (QED) is 0.564. The molecule has 3 N–H and O–H groups in total. The molecule has 0 atom stereocenters. The zero-order valence-corrected chi connectivity index (χ0v) is 17.0. The minimum absolute atomic E-state index is 0.0810. The van der Waals surface area contributed by atoms with E-state index in [0.717, 1.165) is 17.8 Å². The Labute approximate surface area is 168 Å². The molecule has 7 nitrogen and oxygen atoms in total. The highest BCUT2D eigenvalue weighted by Gasteiger charge is 2.19. The maximum atomic E-state index is 13.0. The van der Waals surface area contributed by atoms with E-state index in [9.17, 15) is 17.6 Å². The molecule has 9 heteroatoms. The first-order chi connectivity index (χ1) is 13.7. The summed E-state index contributed by atoms with van der Waals surface area (Å²) in [6.45, 7) is 5.69. The van der Waals surface area contributed by atoms with Crippen molar-refractivity contribution in [2.24, 2.45) is 0 Å². The van der Waals surface area contributed by atoms with Gasteiger partial charge in [-0.2, -0.15) is 5.10 Å². The van der Waals surface area contributed by atoms with Crippen LogP contribution in [0.3, 0.4) is 0 Å². The first kappa shape index (κ1) is 20.5. The summed E-state index contributed by atoms with van der Waals surface area (Å²) in [6.07, 6.45) is 0. The van der Waals surface area contributed by atoms with E-state index >= 15 is 0 Å². The first-order valence-corrected chi connectivity index (χ1v) is 10.4. The number of nitrogens with one attached hydrogen (secondary N) is 3. The van der Waals surface area contributed by atoms with Gasteiger partial charge in [-0.3, -0.25) is 14.6 Å². The molecule has 0 aliphatic rings. The van der Waals surface area contributed by atoms with Gasteiger partial charge in [0.15, 0.2) is 5.82 Å². The zero-order valence-electron chi connectivity index (χ0n) is 16.2. The molecule has 1 heterocycles. The second-order valence-electron chi connectivity index (χ2n) is 6.91. The Balaban J connectivity index is 1.84. The predicted molar refractivity (Wildman–Crippen MR) is 109 cm³/mol. The number of nitrogens with zero attached hydrogens (tertiary/aromatic N) is 1. The lowest BCUT2D eigenvalue weighted by Gasteiger charge is -2.11. The number of carbonyl (C=O) groups excluding carboxylic acids is 1. The van der Waals surface area contributed by atoms with Crippen LogP contribution in [0.4, 0.5) is 15.9 Å². The Hall–Kier alpha value is -3.20. The smallest absolute Gasteiger partial charge is 0.261 e. The van der Waals surface area contributed by atoms with Gasteiger partial charge in [-0.15, -0.1) is 0 Å². The second kappa shape index (κ2) is 8.04. The van der Waals surface area contributed by atoms with Crippen molar-refractivity contribution in [3.63, 3.8) is 0 Å². The molecule has 2 aromatic carbocycles. The lowest BCUT2D eigenvalue weighted by molar-refractivity contribution is 0.102. The predicted octanol–water partition coefficient (Wildman–Crippen LogP) is 4.03. The summed E-state index contributed by atoms with van der Waals surface area (Å²) in [7, 11) is -3.95. The van der Waals surface area contributed by atoms with Gasteiger partial charge in [-0.05, 0) is 54.8 Å². The molecular weight excluding hydrogens is 395 g/mol. The minimum Gasteiger partial charge on any atom is -0.305 e. The Morgan fingerprint density at radius 1 is 1.10 bits per heavy atom. The standard InChI is InChI=1S/C20H21FN4O3S/c1-12(2)18-11-19(24-23-18)22-20(26)17-10-16(9-4-13(17)3)29(27,28)25-15-7-5-14(21)6-8-15/h4-12,25H,1-3H3,(H2,22,23,24,26). The first-order valence-electron chi connectivity index (χ1n) is 8.91. The van der Waals surface area contributed by atoms with E-state index in [1.54, 1.807) is 19.1 Å². The number of hydrogen-bond donors (Lipinski definition) is 3. The molecule has 3 rings (SSSR count). The van der Waals surface area contributed by atoms with Gasteiger partial charge in [0.25, 0.3) is 15.9 Å². The maximum Gasteiger partial charge on any atom is 0.261 e. The summed E-state index contributed by atoms with van der Waals surface area (Å²) < 4.78 is 40.7. The van der Waals surface area contributed by atoms with Crippen LogP contribution >= 0.6 is 0 Å². The summed E-state index contributed by atoms with van der Waals surface area (Å²) in [5, 5.41) is 9.57. The average Bonchev–Trinajstić information content (AvgIpc) is 3.12. The van der Waals surface area contributed by atoms with E-state index in [2.05, 4.69) is 20.2 Å². The van der Waals surface area contributed by atoms with Crippen LogP contribution in [0.5, 0.6) is 0 Å². The van der Waals surface area contributed by atoms with Crippen molar-refractivity contribution in [2.45, 2.75) is 31.6 Å². The summed E-state index contributed by atoms with van der Waals surface area (Å²) in [5.74, 6) is -0.360. The largest absolute Gasteiger partial charge is 0.305 e. The van der Waals surface area contributed by atoms with Gasteiger partial charge in [-0.25, -0.2) is 12.8 Å². The van der Waals surface area contributed by atoms with Gasteiger partial charge in [-0.1, -0.05) is 19.9 Å². The molecule has 0 radical (unpaired) electrons. The monoisotopic (exact) mass is 416 g/mol. The molecule has 3 aromatic rings. The van der Waals surface area contributed by atoms with Crippen LogP contribution < -0.4 is 10.0 Å². The molecule has 0 spiro atoms. The molecular formula is C20H21FN4O3S. The molecule has 29 heavy (non-hydrogen) atoms. The lowest BCUT2D eigenvalue weighted by Crippen LogP contribution is -2.17. The fourth-order valence-corrected chi connectivity index (χ4v) is 3.71. The molecule has 1 amide bonds. The minimum atomic E-state index is -3.95. The SMILES string of the molecule is Cc1ccc(S(=O)(=O)Nc2ccc(F)cc2)cc1C(=O)Nc1cc(C(C)C)[nH]n1. The van der Waals surface area contributed by atoms with Crippen molar-refractivity contribution < 1.29 is 17.6 Å². The Morgan fingerprint density at radius 2 is 1.79 bits per heavy atom. The molecule has 152 valence electrons. The fraction of sp³-hybridized carbons (Fsp3) is 0.200. The summed E-state index contributed by atoms with van der Waals surface area (Å²) in [5.41, 5.74) is 1.91. The van der Waals surface area contributed by atoms with Crippen LogP contribution in [0.1, 0.15) is 41.4 Å². The number of anilines is 2. The zero-order chi connectivity index (χ0) is 21.2. The number of aromatic nitrogens is 2. The summed E-state index contributed by atoms with van der Waals surface area (Å²) in [4.78, 5) is 12.6. The number of hydrogen-bond acceptors (Lipinski definition) is 4. The number of rotatable bonds is 6. The highest BCUT2D eigenvalue weighted by atomic mass is 32.2. The third-order valence-corrected chi connectivity index (χ3v) is 5.70. The van der Waals surface area contributed by atoms with Crippen LogP contribution in [0.25, 0.3) is 0 Å². The highest BCUT2D eigenvalue weighted by molar-refractivity contribution is 7.92. The Morgan fingerprint density at radius 3 is 2.41 bits per heavy atom. The van der Waals surface area contributed by atoms with Gasteiger partial charge in [0, 0.05) is 23.0 Å². The van der Waals surface area contributed by atoms with E-state index in [-0.39, 0.29) is 22.1 Å². The fourth-order valence-electron chi connectivity index (χ4n) is 2.62. The third-order valence-electron chi connectivity index (χ3n) is 4.32.